The second-order valence-electron chi connectivity index (χ2n) is 4.80. The molecule has 23 heavy (non-hydrogen) atoms. The van der Waals surface area contributed by atoms with E-state index in [1.54, 1.807) is 19.2 Å². The molecule has 8 heteroatoms. The highest BCUT2D eigenvalue weighted by Crippen LogP contribution is 2.13. The highest BCUT2D eigenvalue weighted by Gasteiger charge is 2.20. The molecule has 0 saturated carbocycles. The van der Waals surface area contributed by atoms with Crippen LogP contribution in [-0.2, 0) is 14.8 Å². The molecule has 0 aliphatic carbocycles. The molecule has 2 rings (SSSR count). The third-order valence-corrected chi connectivity index (χ3v) is 4.45. The second kappa shape index (κ2) is 8.07. The van der Waals surface area contributed by atoms with Crippen molar-refractivity contribution < 1.29 is 30.6 Å². The lowest BCUT2D eigenvalue weighted by molar-refractivity contribution is -0.843. The molecular formula is C15H18ClN3O3S. The fourth-order valence-corrected chi connectivity index (χ4v) is 3.06. The molecule has 0 radical (unpaired) electrons. The zero-order chi connectivity index (χ0) is 16.2. The monoisotopic (exact) mass is 355 g/mol. The molecule has 1 amide bonds. The molecule has 0 aromatic heterocycles. The average molecular weight is 356 g/mol. The molecule has 0 aliphatic heterocycles. The van der Waals surface area contributed by atoms with Gasteiger partial charge in [-0.25, -0.2) is 13.4 Å². The van der Waals surface area contributed by atoms with Gasteiger partial charge in [-0.15, -0.1) is 0 Å². The van der Waals surface area contributed by atoms with Crippen molar-refractivity contribution in [2.45, 2.75) is 11.8 Å². The van der Waals surface area contributed by atoms with E-state index in [4.69, 9.17) is 0 Å². The Morgan fingerprint density at radius 2 is 1.57 bits per heavy atom. The van der Waals surface area contributed by atoms with E-state index in [0.717, 1.165) is 5.69 Å². The number of sulfonamides is 1. The Kier molecular flexibility index (Phi) is 6.71. The van der Waals surface area contributed by atoms with Crippen LogP contribution in [0.5, 0.6) is 0 Å². The number of halogens is 1. The minimum atomic E-state index is -3.65. The summed E-state index contributed by atoms with van der Waals surface area (Å²) in [5.74, 6) is -0.206. The first kappa shape index (κ1) is 19.1. The van der Waals surface area contributed by atoms with Gasteiger partial charge in [0, 0.05) is 24.7 Å². The van der Waals surface area contributed by atoms with E-state index >= 15 is 0 Å². The van der Waals surface area contributed by atoms with E-state index in [-0.39, 0.29) is 23.2 Å². The van der Waals surface area contributed by atoms with Crippen molar-refractivity contribution >= 4 is 27.3 Å². The van der Waals surface area contributed by atoms with Gasteiger partial charge in [-0.2, -0.15) is 0 Å². The van der Waals surface area contributed by atoms with Crippen LogP contribution in [0.1, 0.15) is 6.92 Å². The van der Waals surface area contributed by atoms with Crippen LogP contribution in [0.4, 0.5) is 11.4 Å². The maximum absolute atomic E-state index is 12.3. The van der Waals surface area contributed by atoms with Gasteiger partial charge in [0.2, 0.25) is 5.91 Å². The Bertz CT molecular complexity index is 749. The van der Waals surface area contributed by atoms with Gasteiger partial charge in [-0.05, 0) is 29.1 Å². The van der Waals surface area contributed by atoms with Gasteiger partial charge in [-0.1, -0.05) is 18.2 Å². The number of para-hydroxylation sites is 1. The number of benzene rings is 2. The van der Waals surface area contributed by atoms with Crippen LogP contribution in [-0.4, -0.2) is 21.4 Å². The molecule has 0 saturated heterocycles. The van der Waals surface area contributed by atoms with Crippen molar-refractivity contribution in [1.82, 2.24) is 4.83 Å². The van der Waals surface area contributed by atoms with Gasteiger partial charge in [0.1, 0.15) is 0 Å². The molecule has 124 valence electrons. The first-order chi connectivity index (χ1) is 10.4. The van der Waals surface area contributed by atoms with Crippen LogP contribution in [0, 0.1) is 0 Å². The number of rotatable bonds is 5. The third-order valence-electron chi connectivity index (χ3n) is 2.98. The lowest BCUT2D eigenvalue weighted by Crippen LogP contribution is -3.11. The van der Waals surface area contributed by atoms with Crippen molar-refractivity contribution in [1.29, 1.82) is 0 Å². The zero-order valence-corrected chi connectivity index (χ0v) is 14.3. The van der Waals surface area contributed by atoms with E-state index in [2.05, 4.69) is 10.1 Å². The number of carbonyl (C=O) groups excluding carboxylic acids is 1. The molecule has 0 fully saturated rings. The number of nitrogens with one attached hydrogen (secondary N) is 3. The van der Waals surface area contributed by atoms with Gasteiger partial charge < -0.3 is 17.7 Å². The quantitative estimate of drug-likeness (QED) is 0.527. The first-order valence-corrected chi connectivity index (χ1v) is 8.16. The van der Waals surface area contributed by atoms with E-state index in [9.17, 15) is 13.2 Å². The summed E-state index contributed by atoms with van der Waals surface area (Å²) < 4.78 is 24.7. The molecule has 0 spiro atoms. The van der Waals surface area contributed by atoms with E-state index in [0.29, 0.717) is 10.7 Å². The van der Waals surface area contributed by atoms with Crippen molar-refractivity contribution in [3.63, 3.8) is 0 Å². The Balaban J connectivity index is 0.00000264. The van der Waals surface area contributed by atoms with Gasteiger partial charge in [0.05, 0.1) is 11.9 Å². The standard InChI is InChI=1S/C15H17N3O3S.ClH/c1-12(19)16-13-8-10-15(11-9-13)22(20,21)17-18(2)14-6-4-3-5-7-14;/h3-11,17H,1-2H3,(H,16,19);1H. The van der Waals surface area contributed by atoms with Gasteiger partial charge in [0.25, 0.3) is 10.0 Å². The Labute approximate surface area is 141 Å². The summed E-state index contributed by atoms with van der Waals surface area (Å²) in [6, 6.07) is 15.2. The maximum atomic E-state index is 12.3. The minimum absolute atomic E-state index is 0. The molecule has 3 N–H and O–H groups in total. The molecule has 2 aromatic rings. The lowest BCUT2D eigenvalue weighted by Gasteiger charge is -2.14. The van der Waals surface area contributed by atoms with E-state index in [1.807, 2.05) is 30.3 Å². The summed E-state index contributed by atoms with van der Waals surface area (Å²) in [7, 11) is -1.95. The van der Waals surface area contributed by atoms with Crippen LogP contribution < -0.4 is 27.6 Å². The highest BCUT2D eigenvalue weighted by atomic mass is 35.5. The molecule has 0 bridgehead atoms. The molecule has 0 heterocycles. The second-order valence-corrected chi connectivity index (χ2v) is 6.48. The van der Waals surface area contributed by atoms with Crippen LogP contribution in [0.25, 0.3) is 0 Å². The van der Waals surface area contributed by atoms with Crippen molar-refractivity contribution in [3.8, 4) is 0 Å². The zero-order valence-electron chi connectivity index (χ0n) is 12.7. The topological polar surface area (TPSA) is 79.7 Å². The molecule has 2 aromatic carbocycles. The lowest BCUT2D eigenvalue weighted by atomic mass is 10.3. The molecule has 1 unspecified atom stereocenters. The molecule has 6 nitrogen and oxygen atoms in total. The SMILES string of the molecule is CC(=O)Nc1ccc(S(=O)(=O)N[NH+](C)c2ccccc2)cc1.[Cl-]. The van der Waals surface area contributed by atoms with Crippen LogP contribution in [0.2, 0.25) is 0 Å². The minimum Gasteiger partial charge on any atom is -1.00 e. The normalized spacial score (nSPS) is 12.1. The number of hydrogen-bond acceptors (Lipinski definition) is 3. The van der Waals surface area contributed by atoms with Crippen LogP contribution in [0.15, 0.2) is 59.5 Å². The third kappa shape index (κ3) is 5.33. The summed E-state index contributed by atoms with van der Waals surface area (Å²) in [6.07, 6.45) is 0. The molecule has 1 atom stereocenters. The Hall–Kier alpha value is -1.93. The fourth-order valence-electron chi connectivity index (χ4n) is 1.93. The summed E-state index contributed by atoms with van der Waals surface area (Å²) in [4.78, 5) is 13.6. The van der Waals surface area contributed by atoms with E-state index < -0.39 is 10.0 Å². The Morgan fingerprint density at radius 1 is 1.00 bits per heavy atom. The number of carbonyl (C=O) groups is 1. The van der Waals surface area contributed by atoms with Gasteiger partial charge in [-0.3, -0.25) is 4.79 Å². The predicted octanol–water partition coefficient (Wildman–Crippen LogP) is -2.31. The fraction of sp³-hybridized carbons (Fsp3) is 0.133. The van der Waals surface area contributed by atoms with Crippen molar-refractivity contribution in [3.05, 3.63) is 54.6 Å². The largest absolute Gasteiger partial charge is 1.00 e. The summed E-state index contributed by atoms with van der Waals surface area (Å²) >= 11 is 0. The van der Waals surface area contributed by atoms with Crippen LogP contribution in [0.3, 0.4) is 0 Å². The van der Waals surface area contributed by atoms with Gasteiger partial charge >= 0.3 is 0 Å². The molecular weight excluding hydrogens is 338 g/mol. The number of anilines is 1. The number of quaternary nitrogens is 1. The number of hydrogen-bond donors (Lipinski definition) is 3. The van der Waals surface area contributed by atoms with Gasteiger partial charge in [0.15, 0.2) is 5.69 Å². The average Bonchev–Trinajstić information content (AvgIpc) is 2.47. The first-order valence-electron chi connectivity index (χ1n) is 6.68. The van der Waals surface area contributed by atoms with Crippen molar-refractivity contribution in [2.24, 2.45) is 0 Å². The summed E-state index contributed by atoms with van der Waals surface area (Å²) in [5, 5.41) is 3.14. The maximum Gasteiger partial charge on any atom is 0.282 e. The van der Waals surface area contributed by atoms with Crippen molar-refractivity contribution in [2.75, 3.05) is 12.4 Å². The van der Waals surface area contributed by atoms with Crippen LogP contribution >= 0.6 is 0 Å². The number of amides is 1. The predicted molar refractivity (Wildman–Crippen MR) is 84.1 cm³/mol. The summed E-state index contributed by atoms with van der Waals surface area (Å²) in [5.41, 5.74) is 1.36. The van der Waals surface area contributed by atoms with E-state index in [1.165, 1.54) is 19.1 Å². The highest BCUT2D eigenvalue weighted by molar-refractivity contribution is 7.89. The Morgan fingerprint density at radius 3 is 2.09 bits per heavy atom. The molecule has 0 aliphatic rings. The smallest absolute Gasteiger partial charge is 0.282 e. The summed E-state index contributed by atoms with van der Waals surface area (Å²) in [6.45, 7) is 1.39.